The van der Waals surface area contributed by atoms with E-state index in [0.717, 1.165) is 12.1 Å². The van der Waals surface area contributed by atoms with Gasteiger partial charge in [0.1, 0.15) is 0 Å². The summed E-state index contributed by atoms with van der Waals surface area (Å²) in [6.45, 7) is 3.68. The molecule has 0 heterocycles. The van der Waals surface area contributed by atoms with Crippen molar-refractivity contribution in [3.63, 3.8) is 0 Å². The van der Waals surface area contributed by atoms with Crippen LogP contribution in [0, 0.1) is 0 Å². The predicted molar refractivity (Wildman–Crippen MR) is 70.3 cm³/mol. The van der Waals surface area contributed by atoms with Gasteiger partial charge < -0.3 is 5.32 Å². The molecule has 5 heteroatoms. The maximum absolute atomic E-state index is 11.6. The van der Waals surface area contributed by atoms with Gasteiger partial charge in [0.15, 0.2) is 0 Å². The van der Waals surface area contributed by atoms with Crippen LogP contribution in [0.15, 0.2) is 35.4 Å². The Morgan fingerprint density at radius 2 is 1.89 bits per heavy atom. The Morgan fingerprint density at radius 1 is 1.22 bits per heavy atom. The van der Waals surface area contributed by atoms with E-state index in [0.29, 0.717) is 5.56 Å². The molecule has 2 amide bonds. The molecule has 1 rings (SSSR count). The minimum Gasteiger partial charge on any atom is -0.343 e. The predicted octanol–water partition coefficient (Wildman–Crippen LogP) is 1.32. The van der Waals surface area contributed by atoms with E-state index in [1.165, 1.54) is 0 Å². The fraction of sp³-hybridized carbons (Fsp3) is 0.308. The standard InChI is InChI=1S/C13H17N3O2/c1-3-10(2)15-16-12(17)9-14-13(18)11-7-5-4-6-8-11/h4-8H,3,9H2,1-2H3,(H,14,18)(H,16,17). The van der Waals surface area contributed by atoms with Crippen LogP contribution in [0.5, 0.6) is 0 Å². The SMILES string of the molecule is CCC(C)=NNC(=O)CNC(=O)c1ccccc1. The lowest BCUT2D eigenvalue weighted by molar-refractivity contribution is -0.120. The van der Waals surface area contributed by atoms with Gasteiger partial charge in [-0.2, -0.15) is 5.10 Å². The van der Waals surface area contributed by atoms with E-state index in [-0.39, 0.29) is 18.4 Å². The molecule has 5 nitrogen and oxygen atoms in total. The highest BCUT2D eigenvalue weighted by Crippen LogP contribution is 1.97. The monoisotopic (exact) mass is 247 g/mol. The van der Waals surface area contributed by atoms with E-state index in [9.17, 15) is 9.59 Å². The van der Waals surface area contributed by atoms with Crippen LogP contribution in [0.2, 0.25) is 0 Å². The molecule has 0 aliphatic rings. The fourth-order valence-corrected chi connectivity index (χ4v) is 1.13. The summed E-state index contributed by atoms with van der Waals surface area (Å²) in [4.78, 5) is 23.0. The van der Waals surface area contributed by atoms with E-state index >= 15 is 0 Å². The molecule has 1 aromatic rings. The van der Waals surface area contributed by atoms with Crippen LogP contribution in [0.3, 0.4) is 0 Å². The normalized spacial score (nSPS) is 10.9. The molecule has 0 fully saturated rings. The molecule has 0 aromatic heterocycles. The van der Waals surface area contributed by atoms with Gasteiger partial charge in [-0.1, -0.05) is 25.1 Å². The van der Waals surface area contributed by atoms with Crippen molar-refractivity contribution >= 4 is 17.5 Å². The summed E-state index contributed by atoms with van der Waals surface area (Å²) < 4.78 is 0. The Balaban J connectivity index is 2.37. The van der Waals surface area contributed by atoms with Crippen molar-refractivity contribution in [1.29, 1.82) is 0 Å². The second-order valence-electron chi connectivity index (χ2n) is 3.78. The highest BCUT2D eigenvalue weighted by atomic mass is 16.2. The van der Waals surface area contributed by atoms with Crippen molar-refractivity contribution in [3.8, 4) is 0 Å². The third kappa shape index (κ3) is 4.78. The van der Waals surface area contributed by atoms with Crippen LogP contribution in [0.25, 0.3) is 0 Å². The molecule has 0 saturated carbocycles. The molecule has 0 saturated heterocycles. The molecule has 0 bridgehead atoms. The van der Waals surface area contributed by atoms with Crippen LogP contribution >= 0.6 is 0 Å². The summed E-state index contributed by atoms with van der Waals surface area (Å²) in [6.07, 6.45) is 0.774. The van der Waals surface area contributed by atoms with Crippen LogP contribution < -0.4 is 10.7 Å². The van der Waals surface area contributed by atoms with E-state index in [2.05, 4.69) is 15.8 Å². The quantitative estimate of drug-likeness (QED) is 0.608. The Hall–Kier alpha value is -2.17. The maximum atomic E-state index is 11.6. The summed E-state index contributed by atoms with van der Waals surface area (Å²) in [5.41, 5.74) is 3.73. The molecule has 96 valence electrons. The van der Waals surface area contributed by atoms with Crippen molar-refractivity contribution in [2.24, 2.45) is 5.10 Å². The minimum absolute atomic E-state index is 0.0891. The van der Waals surface area contributed by atoms with Crippen LogP contribution in [0.1, 0.15) is 30.6 Å². The molecule has 0 aliphatic carbocycles. The zero-order valence-corrected chi connectivity index (χ0v) is 10.6. The van der Waals surface area contributed by atoms with E-state index in [4.69, 9.17) is 0 Å². The molecule has 1 aromatic carbocycles. The second kappa shape index (κ2) is 7.21. The summed E-state index contributed by atoms with van der Waals surface area (Å²) in [7, 11) is 0. The van der Waals surface area contributed by atoms with Crippen LogP contribution in [0.4, 0.5) is 0 Å². The van der Waals surface area contributed by atoms with Gasteiger partial charge >= 0.3 is 0 Å². The molecule has 0 unspecified atom stereocenters. The Morgan fingerprint density at radius 3 is 2.50 bits per heavy atom. The zero-order valence-electron chi connectivity index (χ0n) is 10.6. The summed E-state index contributed by atoms with van der Waals surface area (Å²) in [6, 6.07) is 8.73. The van der Waals surface area contributed by atoms with E-state index in [1.807, 2.05) is 19.9 Å². The van der Waals surface area contributed by atoms with Crippen molar-refractivity contribution in [2.45, 2.75) is 20.3 Å². The van der Waals surface area contributed by atoms with Gasteiger partial charge in [0.25, 0.3) is 11.8 Å². The third-order valence-electron chi connectivity index (χ3n) is 2.33. The lowest BCUT2D eigenvalue weighted by Crippen LogP contribution is -2.35. The van der Waals surface area contributed by atoms with Gasteiger partial charge in [-0.15, -0.1) is 0 Å². The fourth-order valence-electron chi connectivity index (χ4n) is 1.13. The molecule has 0 spiro atoms. The van der Waals surface area contributed by atoms with Crippen molar-refractivity contribution in [3.05, 3.63) is 35.9 Å². The largest absolute Gasteiger partial charge is 0.343 e. The van der Waals surface area contributed by atoms with E-state index < -0.39 is 0 Å². The number of nitrogens with zero attached hydrogens (tertiary/aromatic N) is 1. The Bertz CT molecular complexity index is 441. The average Bonchev–Trinajstić information content (AvgIpc) is 2.42. The summed E-state index contributed by atoms with van der Waals surface area (Å²) in [5.74, 6) is -0.617. The van der Waals surface area contributed by atoms with E-state index in [1.54, 1.807) is 24.3 Å². The number of amides is 2. The number of benzene rings is 1. The van der Waals surface area contributed by atoms with Gasteiger partial charge in [0, 0.05) is 11.3 Å². The highest BCUT2D eigenvalue weighted by Gasteiger charge is 2.06. The van der Waals surface area contributed by atoms with Crippen LogP contribution in [-0.2, 0) is 4.79 Å². The van der Waals surface area contributed by atoms with Crippen molar-refractivity contribution < 1.29 is 9.59 Å². The number of hydrogen-bond donors (Lipinski definition) is 2. The minimum atomic E-state index is -0.341. The number of hydrogen-bond acceptors (Lipinski definition) is 3. The smallest absolute Gasteiger partial charge is 0.259 e. The maximum Gasteiger partial charge on any atom is 0.259 e. The topological polar surface area (TPSA) is 70.6 Å². The van der Waals surface area contributed by atoms with Gasteiger partial charge in [-0.05, 0) is 25.5 Å². The molecular weight excluding hydrogens is 230 g/mol. The molecule has 0 radical (unpaired) electrons. The lowest BCUT2D eigenvalue weighted by atomic mass is 10.2. The first-order chi connectivity index (χ1) is 8.63. The number of nitrogens with one attached hydrogen (secondary N) is 2. The first kappa shape index (κ1) is 13.9. The van der Waals surface area contributed by atoms with Gasteiger partial charge in [-0.3, -0.25) is 9.59 Å². The Kier molecular flexibility index (Phi) is 5.57. The first-order valence-electron chi connectivity index (χ1n) is 5.78. The summed E-state index contributed by atoms with van der Waals surface area (Å²) >= 11 is 0. The molecule has 0 atom stereocenters. The molecule has 2 N–H and O–H groups in total. The first-order valence-corrected chi connectivity index (χ1v) is 5.78. The molecule has 18 heavy (non-hydrogen) atoms. The number of carbonyl (C=O) groups is 2. The van der Waals surface area contributed by atoms with Crippen LogP contribution in [-0.4, -0.2) is 24.1 Å². The van der Waals surface area contributed by atoms with Gasteiger partial charge in [0.2, 0.25) is 0 Å². The van der Waals surface area contributed by atoms with Gasteiger partial charge in [0.05, 0.1) is 6.54 Å². The summed E-state index contributed by atoms with van der Waals surface area (Å²) in [5, 5.41) is 6.38. The van der Waals surface area contributed by atoms with Crippen molar-refractivity contribution in [2.75, 3.05) is 6.54 Å². The number of carbonyl (C=O) groups excluding carboxylic acids is 2. The van der Waals surface area contributed by atoms with Gasteiger partial charge in [-0.25, -0.2) is 5.43 Å². The molecular formula is C13H17N3O2. The third-order valence-corrected chi connectivity index (χ3v) is 2.33. The highest BCUT2D eigenvalue weighted by molar-refractivity contribution is 5.96. The zero-order chi connectivity index (χ0) is 13.4. The van der Waals surface area contributed by atoms with Crippen molar-refractivity contribution in [1.82, 2.24) is 10.7 Å². The lowest BCUT2D eigenvalue weighted by Gasteiger charge is -2.04. The molecule has 0 aliphatic heterocycles. The number of rotatable bonds is 5. The Labute approximate surface area is 106 Å². The number of hydrazone groups is 1. The second-order valence-corrected chi connectivity index (χ2v) is 3.78. The average molecular weight is 247 g/mol.